The number of hydrogen-bond acceptors (Lipinski definition) is 12. The number of phenolic OH excluding ortho intramolecular Hbond substituents is 1. The Balaban J connectivity index is 0.00000441. The molecule has 40 heavy (non-hydrogen) atoms. The SMILES string of the molecule is Nc1c(N=Nc2ccc([N+](=O)[O-])cc2)c(S(=O)(=O)O)cc2cc(S(=O)(=O)O)c(N=Nc3ccccc3)c(O)c12.[Na]. The van der Waals surface area contributed by atoms with E-state index in [0.717, 1.165) is 24.3 Å². The first-order chi connectivity index (χ1) is 18.3. The van der Waals surface area contributed by atoms with Crippen LogP contribution in [0.15, 0.2) is 97.0 Å². The number of azo groups is 2. The molecule has 0 atom stereocenters. The van der Waals surface area contributed by atoms with Crippen LogP contribution in [-0.4, -0.2) is 65.5 Å². The second-order valence-electron chi connectivity index (χ2n) is 7.77. The smallest absolute Gasteiger partial charge is 0.296 e. The molecule has 0 saturated carbocycles. The summed E-state index contributed by atoms with van der Waals surface area (Å²) >= 11 is 0. The van der Waals surface area contributed by atoms with Crippen LogP contribution in [0.1, 0.15) is 0 Å². The van der Waals surface area contributed by atoms with Crippen molar-refractivity contribution >= 4 is 94.7 Å². The molecule has 0 bridgehead atoms. The van der Waals surface area contributed by atoms with E-state index in [1.807, 2.05) is 0 Å². The Bertz CT molecular complexity index is 1900. The van der Waals surface area contributed by atoms with Crippen molar-refractivity contribution in [3.05, 3.63) is 76.8 Å². The fraction of sp³-hybridized carbons (Fsp3) is 0. The minimum Gasteiger partial charge on any atom is -0.505 e. The van der Waals surface area contributed by atoms with Crippen molar-refractivity contribution in [3.63, 3.8) is 0 Å². The zero-order valence-electron chi connectivity index (χ0n) is 20.3. The van der Waals surface area contributed by atoms with Crippen LogP contribution >= 0.6 is 0 Å². The molecule has 0 heterocycles. The van der Waals surface area contributed by atoms with Gasteiger partial charge in [-0.05, 0) is 41.8 Å². The molecule has 0 aliphatic rings. The minimum absolute atomic E-state index is 0. The first kappa shape index (κ1) is 30.7. The van der Waals surface area contributed by atoms with Gasteiger partial charge >= 0.3 is 0 Å². The van der Waals surface area contributed by atoms with E-state index in [2.05, 4.69) is 20.5 Å². The first-order valence-corrected chi connectivity index (χ1v) is 13.4. The Morgan fingerprint density at radius 3 is 1.73 bits per heavy atom. The zero-order chi connectivity index (χ0) is 28.5. The van der Waals surface area contributed by atoms with E-state index in [-0.39, 0.29) is 57.4 Å². The standard InChI is InChI=1S/C22H16N6O9S2.Na/c23-19-18-12(11-17(39(35,36)37)21(22(18)29)27-24-13-4-2-1-3-5-13)10-16(38(32,33)34)20(19)26-25-14-6-8-15(9-7-14)28(30)31;/h1-11,29H,23H2,(H,32,33,34)(H,35,36,37);. The van der Waals surface area contributed by atoms with Gasteiger partial charge in [-0.15, -0.1) is 10.2 Å². The maximum atomic E-state index is 12.1. The van der Waals surface area contributed by atoms with Crippen molar-refractivity contribution < 1.29 is 36.0 Å². The van der Waals surface area contributed by atoms with E-state index in [9.17, 15) is 41.2 Å². The number of phenols is 1. The molecule has 4 aromatic carbocycles. The van der Waals surface area contributed by atoms with Crippen molar-refractivity contribution in [2.45, 2.75) is 9.79 Å². The molecule has 0 spiro atoms. The molecular weight excluding hydrogens is 579 g/mol. The molecule has 18 heteroatoms. The summed E-state index contributed by atoms with van der Waals surface area (Å²) in [7, 11) is -10.1. The number of anilines is 1. The van der Waals surface area contributed by atoms with E-state index < -0.39 is 57.8 Å². The van der Waals surface area contributed by atoms with Crippen LogP contribution in [0.2, 0.25) is 0 Å². The Hall–Kier alpha value is -3.84. The van der Waals surface area contributed by atoms with Crippen LogP contribution in [-0.2, 0) is 20.2 Å². The molecule has 0 unspecified atom stereocenters. The summed E-state index contributed by atoms with van der Waals surface area (Å²) in [6.07, 6.45) is 0. The van der Waals surface area contributed by atoms with E-state index in [0.29, 0.717) is 0 Å². The van der Waals surface area contributed by atoms with E-state index in [1.54, 1.807) is 18.2 Å². The molecule has 0 amide bonds. The molecule has 4 rings (SSSR count). The van der Waals surface area contributed by atoms with Gasteiger partial charge in [-0.1, -0.05) is 18.2 Å². The molecule has 15 nitrogen and oxygen atoms in total. The fourth-order valence-corrected chi connectivity index (χ4v) is 4.78. The number of nitro groups is 1. The summed E-state index contributed by atoms with van der Waals surface area (Å²) in [5.41, 5.74) is 4.29. The predicted octanol–water partition coefficient (Wildman–Crippen LogP) is 4.98. The number of nitro benzene ring substituents is 1. The topological polar surface area (TPSA) is 248 Å². The van der Waals surface area contributed by atoms with Crippen molar-refractivity contribution in [1.82, 2.24) is 0 Å². The van der Waals surface area contributed by atoms with Crippen LogP contribution < -0.4 is 5.73 Å². The van der Waals surface area contributed by atoms with Crippen molar-refractivity contribution in [2.24, 2.45) is 20.5 Å². The van der Waals surface area contributed by atoms with E-state index in [4.69, 9.17) is 5.73 Å². The van der Waals surface area contributed by atoms with Gasteiger partial charge in [0.15, 0.2) is 5.75 Å². The van der Waals surface area contributed by atoms with Gasteiger partial charge in [-0.2, -0.15) is 27.1 Å². The zero-order valence-corrected chi connectivity index (χ0v) is 23.9. The average molecular weight is 596 g/mol. The third-order valence-corrected chi connectivity index (χ3v) is 6.95. The van der Waals surface area contributed by atoms with Gasteiger partial charge in [0.2, 0.25) is 0 Å². The molecule has 5 N–H and O–H groups in total. The first-order valence-electron chi connectivity index (χ1n) is 10.5. The normalized spacial score (nSPS) is 12.2. The Morgan fingerprint density at radius 2 is 1.23 bits per heavy atom. The van der Waals surface area contributed by atoms with Crippen LogP contribution in [0.4, 0.5) is 34.1 Å². The number of nitrogens with two attached hydrogens (primary N) is 1. The molecule has 1 radical (unpaired) electrons. The number of aromatic hydroxyl groups is 1. The monoisotopic (exact) mass is 595 g/mol. The summed E-state index contributed by atoms with van der Waals surface area (Å²) in [5, 5.41) is 36.3. The van der Waals surface area contributed by atoms with Crippen molar-refractivity contribution in [3.8, 4) is 5.75 Å². The molecule has 201 valence electrons. The second kappa shape index (κ2) is 11.7. The molecule has 4 aromatic rings. The predicted molar refractivity (Wildman–Crippen MR) is 143 cm³/mol. The van der Waals surface area contributed by atoms with Gasteiger partial charge in [0.25, 0.3) is 25.9 Å². The van der Waals surface area contributed by atoms with Gasteiger partial charge in [0, 0.05) is 41.7 Å². The molecule has 0 aromatic heterocycles. The van der Waals surface area contributed by atoms with Gasteiger partial charge < -0.3 is 10.8 Å². The summed E-state index contributed by atoms with van der Waals surface area (Å²) < 4.78 is 68.0. The largest absolute Gasteiger partial charge is 0.505 e. The molecule has 0 saturated heterocycles. The Morgan fingerprint density at radius 1 is 0.750 bits per heavy atom. The van der Waals surface area contributed by atoms with Gasteiger partial charge in [-0.3, -0.25) is 19.2 Å². The third kappa shape index (κ3) is 6.48. The van der Waals surface area contributed by atoms with Crippen LogP contribution in [0.3, 0.4) is 0 Å². The number of hydrogen-bond donors (Lipinski definition) is 4. The quantitative estimate of drug-likeness (QED) is 0.0557. The summed E-state index contributed by atoms with van der Waals surface area (Å²) in [6, 6.07) is 14.2. The number of nitrogens with zero attached hydrogens (tertiary/aromatic N) is 5. The average Bonchev–Trinajstić information content (AvgIpc) is 2.86. The second-order valence-corrected chi connectivity index (χ2v) is 10.5. The number of fused-ring (bicyclic) bond motifs is 1. The van der Waals surface area contributed by atoms with Crippen LogP contribution in [0, 0.1) is 10.1 Å². The van der Waals surface area contributed by atoms with Crippen LogP contribution in [0.25, 0.3) is 10.8 Å². The van der Waals surface area contributed by atoms with Crippen molar-refractivity contribution in [2.75, 3.05) is 5.73 Å². The van der Waals surface area contributed by atoms with Gasteiger partial charge in [0.05, 0.1) is 27.4 Å². The van der Waals surface area contributed by atoms with E-state index in [1.165, 1.54) is 24.3 Å². The fourth-order valence-electron chi connectivity index (χ4n) is 3.46. The number of nitrogen functional groups attached to an aromatic ring is 1. The number of rotatable bonds is 7. The maximum absolute atomic E-state index is 12.1. The maximum Gasteiger partial charge on any atom is 0.296 e. The summed E-state index contributed by atoms with van der Waals surface area (Å²) in [4.78, 5) is 8.37. The number of non-ortho nitro benzene ring substituents is 1. The molecule has 0 aliphatic heterocycles. The third-order valence-electron chi connectivity index (χ3n) is 5.22. The molecule has 0 aliphatic carbocycles. The summed E-state index contributed by atoms with van der Waals surface area (Å²) in [6.45, 7) is 0. The van der Waals surface area contributed by atoms with Gasteiger partial charge in [-0.25, -0.2) is 0 Å². The number of benzene rings is 4. The minimum atomic E-state index is -5.05. The van der Waals surface area contributed by atoms with Gasteiger partial charge in [0.1, 0.15) is 21.2 Å². The summed E-state index contributed by atoms with van der Waals surface area (Å²) in [5.74, 6) is -0.897. The van der Waals surface area contributed by atoms with E-state index >= 15 is 0 Å². The van der Waals surface area contributed by atoms with Crippen LogP contribution in [0.5, 0.6) is 5.75 Å². The molecular formula is C22H16N6NaO9S2. The van der Waals surface area contributed by atoms with Crippen molar-refractivity contribution in [1.29, 1.82) is 0 Å². The Kier molecular flexibility index (Phi) is 9.00. The molecule has 0 fully saturated rings. The Labute approximate surface area is 248 Å².